The van der Waals surface area contributed by atoms with E-state index in [1.165, 1.54) is 276 Å². The average molecular weight is 1540 g/mol. The van der Waals surface area contributed by atoms with Gasteiger partial charge >= 0.3 is 39.5 Å². The van der Waals surface area contributed by atoms with Gasteiger partial charge in [0.05, 0.1) is 26.4 Å². The van der Waals surface area contributed by atoms with Gasteiger partial charge < -0.3 is 33.8 Å². The number of hydrogen-bond donors (Lipinski definition) is 3. The summed E-state index contributed by atoms with van der Waals surface area (Å²) in [7, 11) is -9.93. The normalized spacial score (nSPS) is 13.8. The van der Waals surface area contributed by atoms with Crippen molar-refractivity contribution in [3.8, 4) is 0 Å². The van der Waals surface area contributed by atoms with Crippen LogP contribution in [-0.2, 0) is 65.4 Å². The zero-order valence-electron chi connectivity index (χ0n) is 69.0. The van der Waals surface area contributed by atoms with Crippen molar-refractivity contribution in [2.45, 2.75) is 477 Å². The van der Waals surface area contributed by atoms with E-state index < -0.39 is 97.5 Å². The maximum atomic E-state index is 13.1. The third-order valence-electron chi connectivity index (χ3n) is 20.2. The number of rotatable bonds is 85. The van der Waals surface area contributed by atoms with Gasteiger partial charge in [-0.1, -0.05) is 408 Å². The summed E-state index contributed by atoms with van der Waals surface area (Å²) < 4.78 is 68.9. The standard InChI is InChI=1S/C86H168O17P2/c1-7-9-11-13-15-17-19-21-22-23-24-25-26-27-33-40-46-52-58-64-70-85(90)102-81(75-97-84(89)69-63-57-51-45-39-32-29-28-31-36-42-48-54-60-66-78(3)4)76-100-104(92,93)98-72-80(87)73-99-105(94,95)101-77-82(74-96-83(88)68-62-56-50-44-38-30-20-18-16-14-12-10-8-2)103-86(91)71-65-59-53-47-41-35-34-37-43-49-55-61-67-79(5)6/h78-82,87H,7-77H2,1-6H3,(H,92,93)(H,94,95)/t80-,81-,82-/m1/s1. The second-order valence-corrected chi connectivity index (χ2v) is 34.8. The van der Waals surface area contributed by atoms with Crippen LogP contribution in [0.5, 0.6) is 0 Å². The van der Waals surface area contributed by atoms with Gasteiger partial charge in [0.2, 0.25) is 0 Å². The minimum atomic E-state index is -4.97. The van der Waals surface area contributed by atoms with Crippen LogP contribution in [-0.4, -0.2) is 96.7 Å². The summed E-state index contributed by atoms with van der Waals surface area (Å²) in [6.07, 6.45) is 69.3. The predicted octanol–water partition coefficient (Wildman–Crippen LogP) is 26.2. The van der Waals surface area contributed by atoms with Crippen LogP contribution >= 0.6 is 15.6 Å². The number of ether oxygens (including phenoxy) is 4. The van der Waals surface area contributed by atoms with Crippen molar-refractivity contribution in [3.05, 3.63) is 0 Å². The van der Waals surface area contributed by atoms with E-state index in [1.54, 1.807) is 0 Å². The van der Waals surface area contributed by atoms with Crippen LogP contribution in [0.2, 0.25) is 0 Å². The fourth-order valence-electron chi connectivity index (χ4n) is 13.4. The molecule has 2 unspecified atom stereocenters. The fourth-order valence-corrected chi connectivity index (χ4v) is 15.0. The monoisotopic (exact) mass is 1540 g/mol. The van der Waals surface area contributed by atoms with E-state index >= 15 is 0 Å². The molecule has 0 saturated heterocycles. The lowest BCUT2D eigenvalue weighted by molar-refractivity contribution is -0.161. The van der Waals surface area contributed by atoms with Gasteiger partial charge in [-0.25, -0.2) is 9.13 Å². The van der Waals surface area contributed by atoms with E-state index in [1.807, 2.05) is 0 Å². The molecule has 105 heavy (non-hydrogen) atoms. The Morgan fingerprint density at radius 2 is 0.438 bits per heavy atom. The second kappa shape index (κ2) is 77.4. The zero-order chi connectivity index (χ0) is 77.1. The third-order valence-corrected chi connectivity index (χ3v) is 22.1. The quantitative estimate of drug-likeness (QED) is 0.0222. The van der Waals surface area contributed by atoms with Gasteiger partial charge in [0.25, 0.3) is 0 Å². The Balaban J connectivity index is 5.26. The molecule has 0 fully saturated rings. The highest BCUT2D eigenvalue weighted by atomic mass is 31.2. The molecule has 624 valence electrons. The van der Waals surface area contributed by atoms with Crippen LogP contribution in [0, 0.1) is 11.8 Å². The average Bonchev–Trinajstić information content (AvgIpc) is 0.914. The molecule has 3 N–H and O–H groups in total. The Hall–Kier alpha value is -1.94. The summed E-state index contributed by atoms with van der Waals surface area (Å²) in [5.41, 5.74) is 0. The first-order chi connectivity index (χ1) is 50.9. The molecule has 0 bridgehead atoms. The lowest BCUT2D eigenvalue weighted by Crippen LogP contribution is -2.30. The smallest absolute Gasteiger partial charge is 0.462 e. The number of hydrogen-bond acceptors (Lipinski definition) is 15. The van der Waals surface area contributed by atoms with Crippen molar-refractivity contribution in [1.29, 1.82) is 0 Å². The molecular weight excluding hydrogens is 1370 g/mol. The molecule has 0 aliphatic heterocycles. The lowest BCUT2D eigenvalue weighted by atomic mass is 10.0. The Morgan fingerprint density at radius 3 is 0.648 bits per heavy atom. The predicted molar refractivity (Wildman–Crippen MR) is 432 cm³/mol. The Morgan fingerprint density at radius 1 is 0.257 bits per heavy atom. The van der Waals surface area contributed by atoms with E-state index in [0.29, 0.717) is 25.7 Å². The summed E-state index contributed by atoms with van der Waals surface area (Å²) in [6.45, 7) is 9.71. The third kappa shape index (κ3) is 79.9. The number of carbonyl (C=O) groups is 4. The number of aliphatic hydroxyl groups excluding tert-OH is 1. The summed E-state index contributed by atoms with van der Waals surface area (Å²) in [5, 5.41) is 10.7. The molecule has 0 saturated carbocycles. The van der Waals surface area contributed by atoms with Crippen molar-refractivity contribution in [2.75, 3.05) is 39.6 Å². The first kappa shape index (κ1) is 103. The Labute approximate surface area is 645 Å². The molecule has 19 heteroatoms. The molecular formula is C86H168O17P2. The van der Waals surface area contributed by atoms with E-state index in [9.17, 15) is 43.2 Å². The molecule has 17 nitrogen and oxygen atoms in total. The number of aliphatic hydroxyl groups is 1. The van der Waals surface area contributed by atoms with Crippen LogP contribution in [0.15, 0.2) is 0 Å². The maximum Gasteiger partial charge on any atom is 0.472 e. The van der Waals surface area contributed by atoms with Gasteiger partial charge in [0.15, 0.2) is 12.2 Å². The lowest BCUT2D eigenvalue weighted by Gasteiger charge is -2.21. The number of carbonyl (C=O) groups excluding carboxylic acids is 4. The van der Waals surface area contributed by atoms with Gasteiger partial charge in [0, 0.05) is 25.7 Å². The molecule has 0 spiro atoms. The van der Waals surface area contributed by atoms with Crippen molar-refractivity contribution < 1.29 is 80.2 Å². The molecule has 0 aromatic heterocycles. The molecule has 0 radical (unpaired) electrons. The molecule has 0 amide bonds. The minimum absolute atomic E-state index is 0.108. The van der Waals surface area contributed by atoms with Crippen LogP contribution in [0.1, 0.15) is 459 Å². The van der Waals surface area contributed by atoms with Gasteiger partial charge in [-0.15, -0.1) is 0 Å². The fraction of sp³-hybridized carbons (Fsp3) is 0.953. The first-order valence-electron chi connectivity index (χ1n) is 44.5. The molecule has 0 aromatic rings. The highest BCUT2D eigenvalue weighted by Crippen LogP contribution is 2.45. The molecule has 0 heterocycles. The molecule has 0 aliphatic carbocycles. The topological polar surface area (TPSA) is 237 Å². The summed E-state index contributed by atoms with van der Waals surface area (Å²) in [4.78, 5) is 73.3. The summed E-state index contributed by atoms with van der Waals surface area (Å²) in [5.74, 6) is -0.524. The zero-order valence-corrected chi connectivity index (χ0v) is 70.8. The van der Waals surface area contributed by atoms with Crippen molar-refractivity contribution in [2.24, 2.45) is 11.8 Å². The van der Waals surface area contributed by atoms with Crippen LogP contribution in [0.4, 0.5) is 0 Å². The van der Waals surface area contributed by atoms with E-state index in [2.05, 4.69) is 41.5 Å². The van der Waals surface area contributed by atoms with E-state index in [0.717, 1.165) is 102 Å². The van der Waals surface area contributed by atoms with E-state index in [-0.39, 0.29) is 25.7 Å². The number of unbranched alkanes of at least 4 members (excludes halogenated alkanes) is 55. The van der Waals surface area contributed by atoms with Gasteiger partial charge in [-0.3, -0.25) is 37.3 Å². The van der Waals surface area contributed by atoms with Gasteiger partial charge in [-0.2, -0.15) is 0 Å². The molecule has 0 rings (SSSR count). The van der Waals surface area contributed by atoms with Gasteiger partial charge in [-0.05, 0) is 37.5 Å². The highest BCUT2D eigenvalue weighted by molar-refractivity contribution is 7.47. The van der Waals surface area contributed by atoms with Crippen molar-refractivity contribution in [3.63, 3.8) is 0 Å². The number of phosphoric ester groups is 2. The van der Waals surface area contributed by atoms with Crippen LogP contribution in [0.3, 0.4) is 0 Å². The van der Waals surface area contributed by atoms with Crippen LogP contribution < -0.4 is 0 Å². The Kier molecular flexibility index (Phi) is 76.0. The largest absolute Gasteiger partial charge is 0.472 e. The van der Waals surface area contributed by atoms with Crippen molar-refractivity contribution >= 4 is 39.5 Å². The van der Waals surface area contributed by atoms with Crippen molar-refractivity contribution in [1.82, 2.24) is 0 Å². The summed E-state index contributed by atoms with van der Waals surface area (Å²) in [6, 6.07) is 0. The number of phosphoric acid groups is 2. The van der Waals surface area contributed by atoms with Gasteiger partial charge in [0.1, 0.15) is 19.3 Å². The first-order valence-corrected chi connectivity index (χ1v) is 47.5. The molecule has 0 aromatic carbocycles. The second-order valence-electron chi connectivity index (χ2n) is 31.9. The Bertz CT molecular complexity index is 2010. The highest BCUT2D eigenvalue weighted by Gasteiger charge is 2.30. The maximum absolute atomic E-state index is 13.1. The summed E-state index contributed by atoms with van der Waals surface area (Å²) >= 11 is 0. The van der Waals surface area contributed by atoms with E-state index in [4.69, 9.17) is 37.0 Å². The molecule has 5 atom stereocenters. The van der Waals surface area contributed by atoms with Crippen LogP contribution in [0.25, 0.3) is 0 Å². The minimum Gasteiger partial charge on any atom is -0.462 e. The SMILES string of the molecule is CCCCCCCCCCCCCCCCCCCCCCC(=O)O[C@H](COC(=O)CCCCCCCCCCCCCCCCC(C)C)COP(=O)(O)OC[C@@H](O)COP(=O)(O)OC[C@@H](COC(=O)CCCCCCCCCCCCCCC)OC(=O)CCCCCCCCCCCCCCC(C)C. The number of esters is 4. The molecule has 0 aliphatic rings.